The summed E-state index contributed by atoms with van der Waals surface area (Å²) in [6.45, 7) is -0.0970. The van der Waals surface area contributed by atoms with Crippen molar-refractivity contribution in [1.29, 1.82) is 0 Å². The molecule has 0 unspecified atom stereocenters. The van der Waals surface area contributed by atoms with Crippen LogP contribution in [0.4, 0.5) is 18.9 Å². The number of anilines is 1. The third-order valence-electron chi connectivity index (χ3n) is 4.92. The van der Waals surface area contributed by atoms with Gasteiger partial charge in [0.15, 0.2) is 5.71 Å². The Labute approximate surface area is 191 Å². The summed E-state index contributed by atoms with van der Waals surface area (Å²) in [5.41, 5.74) is 1.20. The summed E-state index contributed by atoms with van der Waals surface area (Å²) in [6, 6.07) is 16.8. The fraction of sp³-hybridized carbons (Fsp3) is 0.130. The van der Waals surface area contributed by atoms with Crippen molar-refractivity contribution in [2.75, 3.05) is 4.90 Å². The maximum absolute atomic E-state index is 13.1. The number of hydrogen-bond donors (Lipinski definition) is 0. The van der Waals surface area contributed by atoms with Crippen molar-refractivity contribution >= 4 is 40.5 Å². The second-order valence-corrected chi connectivity index (χ2v) is 7.83. The van der Waals surface area contributed by atoms with Crippen molar-refractivity contribution in [2.24, 2.45) is 5.16 Å². The molecule has 4 rings (SSSR count). The van der Waals surface area contributed by atoms with Crippen LogP contribution in [0.1, 0.15) is 22.3 Å². The predicted molar refractivity (Wildman–Crippen MR) is 117 cm³/mol. The Bertz CT molecular complexity index is 1190. The monoisotopic (exact) mass is 478 g/mol. The molecule has 0 aromatic heterocycles. The number of para-hydroxylation sites is 1. The molecule has 0 bridgehead atoms. The van der Waals surface area contributed by atoms with E-state index < -0.39 is 17.6 Å². The van der Waals surface area contributed by atoms with Crippen molar-refractivity contribution in [1.82, 2.24) is 0 Å². The Morgan fingerprint density at radius 2 is 1.62 bits per heavy atom. The van der Waals surface area contributed by atoms with Crippen LogP contribution in [0.5, 0.6) is 0 Å². The number of amides is 1. The number of hydrogen-bond acceptors (Lipinski definition) is 3. The van der Waals surface area contributed by atoms with Gasteiger partial charge in [-0.15, -0.1) is 0 Å². The van der Waals surface area contributed by atoms with Gasteiger partial charge < -0.3 is 9.74 Å². The molecule has 1 aliphatic heterocycles. The third kappa shape index (κ3) is 4.45. The smallest absolute Gasteiger partial charge is 0.390 e. The van der Waals surface area contributed by atoms with E-state index in [1.54, 1.807) is 42.5 Å². The lowest BCUT2D eigenvalue weighted by atomic mass is 10.1. The number of rotatable bonds is 5. The minimum absolute atomic E-state index is 0.0465. The number of carbonyl (C=O) groups is 1. The highest BCUT2D eigenvalue weighted by Gasteiger charge is 2.35. The first-order valence-corrected chi connectivity index (χ1v) is 10.2. The zero-order chi connectivity index (χ0) is 22.9. The van der Waals surface area contributed by atoms with Gasteiger partial charge in [-0.05, 0) is 35.9 Å². The van der Waals surface area contributed by atoms with Gasteiger partial charge in [0, 0.05) is 21.2 Å². The Kier molecular flexibility index (Phi) is 6.13. The lowest BCUT2D eigenvalue weighted by molar-refractivity contribution is -0.137. The van der Waals surface area contributed by atoms with Crippen LogP contribution in [0, 0.1) is 0 Å². The van der Waals surface area contributed by atoms with E-state index >= 15 is 0 Å². The number of fused-ring (bicyclic) bond motifs is 1. The van der Waals surface area contributed by atoms with Crippen LogP contribution in [-0.4, -0.2) is 11.6 Å². The van der Waals surface area contributed by atoms with E-state index in [9.17, 15) is 18.0 Å². The Morgan fingerprint density at radius 1 is 0.938 bits per heavy atom. The quantitative estimate of drug-likeness (QED) is 0.393. The minimum atomic E-state index is -4.47. The van der Waals surface area contributed by atoms with Gasteiger partial charge in [0.05, 0.1) is 17.8 Å². The standard InChI is InChI=1S/C23H15Cl2F3N2O2/c24-18-8-4-9-19(25)17(18)13-32-29-21-16-7-1-2-10-20(16)30(22(21)31)12-14-5-3-6-15(11-14)23(26,27)28/h1-11H,12-13H2/b29-21+. The molecule has 1 heterocycles. The normalized spacial score (nSPS) is 14.7. The summed E-state index contributed by atoms with van der Waals surface area (Å²) in [5, 5.41) is 4.81. The summed E-state index contributed by atoms with van der Waals surface area (Å²) in [5.74, 6) is -0.478. The average Bonchev–Trinajstić information content (AvgIpc) is 3.01. The number of oxime groups is 1. The van der Waals surface area contributed by atoms with E-state index in [-0.39, 0.29) is 18.9 Å². The van der Waals surface area contributed by atoms with Crippen molar-refractivity contribution in [2.45, 2.75) is 19.3 Å². The van der Waals surface area contributed by atoms with Crippen LogP contribution in [0.25, 0.3) is 0 Å². The molecular weight excluding hydrogens is 464 g/mol. The van der Waals surface area contributed by atoms with Crippen molar-refractivity contribution < 1.29 is 22.8 Å². The van der Waals surface area contributed by atoms with Crippen molar-refractivity contribution in [3.05, 3.63) is 99.0 Å². The zero-order valence-electron chi connectivity index (χ0n) is 16.4. The summed E-state index contributed by atoms with van der Waals surface area (Å²) in [6.07, 6.45) is -4.47. The van der Waals surface area contributed by atoms with E-state index in [1.807, 2.05) is 0 Å². The van der Waals surface area contributed by atoms with Gasteiger partial charge in [-0.3, -0.25) is 4.79 Å². The van der Waals surface area contributed by atoms with Crippen molar-refractivity contribution in [3.63, 3.8) is 0 Å². The molecule has 0 saturated carbocycles. The van der Waals surface area contributed by atoms with Crippen LogP contribution >= 0.6 is 23.2 Å². The number of benzene rings is 3. The second-order valence-electron chi connectivity index (χ2n) is 7.02. The van der Waals surface area contributed by atoms with Gasteiger partial charge in [-0.2, -0.15) is 13.2 Å². The van der Waals surface area contributed by atoms with Gasteiger partial charge in [-0.1, -0.05) is 64.8 Å². The first kappa shape index (κ1) is 22.2. The molecule has 32 heavy (non-hydrogen) atoms. The number of halogens is 5. The molecular formula is C23H15Cl2F3N2O2. The van der Waals surface area contributed by atoms with Gasteiger partial charge in [0.25, 0.3) is 5.91 Å². The van der Waals surface area contributed by atoms with E-state index in [2.05, 4.69) is 5.16 Å². The SMILES string of the molecule is O=C1/C(=N/OCc2c(Cl)cccc2Cl)c2ccccc2N1Cc1cccc(C(F)(F)F)c1. The van der Waals surface area contributed by atoms with E-state index in [1.165, 1.54) is 17.0 Å². The first-order valence-electron chi connectivity index (χ1n) is 9.46. The summed E-state index contributed by atoms with van der Waals surface area (Å²) < 4.78 is 39.2. The fourth-order valence-electron chi connectivity index (χ4n) is 3.37. The molecule has 164 valence electrons. The summed E-state index contributed by atoms with van der Waals surface area (Å²) in [4.78, 5) is 19.8. The highest BCUT2D eigenvalue weighted by molar-refractivity contribution is 6.54. The Balaban J connectivity index is 1.59. The summed E-state index contributed by atoms with van der Waals surface area (Å²) in [7, 11) is 0. The maximum atomic E-state index is 13.1. The molecule has 1 aliphatic rings. The molecule has 0 fully saturated rings. The lowest BCUT2D eigenvalue weighted by Crippen LogP contribution is -2.29. The van der Waals surface area contributed by atoms with Gasteiger partial charge in [0.2, 0.25) is 0 Å². The second kappa shape index (κ2) is 8.84. The molecule has 3 aromatic rings. The predicted octanol–water partition coefficient (Wildman–Crippen LogP) is 6.48. The van der Waals surface area contributed by atoms with Crippen LogP contribution < -0.4 is 4.90 Å². The highest BCUT2D eigenvalue weighted by Crippen LogP contribution is 2.33. The topological polar surface area (TPSA) is 41.9 Å². The van der Waals surface area contributed by atoms with E-state index in [0.717, 1.165) is 12.1 Å². The molecule has 0 aliphatic carbocycles. The van der Waals surface area contributed by atoms with E-state index in [4.69, 9.17) is 28.0 Å². The zero-order valence-corrected chi connectivity index (χ0v) is 17.9. The van der Waals surface area contributed by atoms with Gasteiger partial charge >= 0.3 is 6.18 Å². The lowest BCUT2D eigenvalue weighted by Gasteiger charge is -2.17. The van der Waals surface area contributed by atoms with E-state index in [0.29, 0.717) is 32.4 Å². The number of alkyl halides is 3. The molecule has 1 amide bonds. The Morgan fingerprint density at radius 3 is 2.34 bits per heavy atom. The average molecular weight is 479 g/mol. The van der Waals surface area contributed by atoms with Crippen LogP contribution in [-0.2, 0) is 29.0 Å². The van der Waals surface area contributed by atoms with Gasteiger partial charge in [0.1, 0.15) is 6.61 Å². The third-order valence-corrected chi connectivity index (χ3v) is 5.63. The first-order chi connectivity index (χ1) is 15.3. The van der Waals surface area contributed by atoms with Crippen LogP contribution in [0.15, 0.2) is 71.9 Å². The molecule has 4 nitrogen and oxygen atoms in total. The minimum Gasteiger partial charge on any atom is -0.390 e. The molecule has 9 heteroatoms. The molecule has 0 atom stereocenters. The largest absolute Gasteiger partial charge is 0.416 e. The molecule has 0 radical (unpaired) electrons. The summed E-state index contributed by atoms with van der Waals surface area (Å²) >= 11 is 12.2. The van der Waals surface area contributed by atoms with Gasteiger partial charge in [-0.25, -0.2) is 0 Å². The van der Waals surface area contributed by atoms with Crippen molar-refractivity contribution in [3.8, 4) is 0 Å². The maximum Gasteiger partial charge on any atom is 0.416 e. The Hall–Kier alpha value is -3.03. The molecule has 0 saturated heterocycles. The fourth-order valence-corrected chi connectivity index (χ4v) is 3.87. The molecule has 0 N–H and O–H groups in total. The van der Waals surface area contributed by atoms with Crippen LogP contribution in [0.3, 0.4) is 0 Å². The molecule has 0 spiro atoms. The highest BCUT2D eigenvalue weighted by atomic mass is 35.5. The van der Waals surface area contributed by atoms with Crippen LogP contribution in [0.2, 0.25) is 10.0 Å². The molecule has 3 aromatic carbocycles. The number of carbonyl (C=O) groups excluding carboxylic acids is 1. The number of nitrogens with zero attached hydrogens (tertiary/aromatic N) is 2.